The van der Waals surface area contributed by atoms with Gasteiger partial charge in [-0.2, -0.15) is 13.2 Å². The highest BCUT2D eigenvalue weighted by atomic mass is 19.4. The molecule has 1 saturated heterocycles. The largest absolute Gasteiger partial charge is 0.469 e. The number of methoxy groups -OCH3 is 1. The van der Waals surface area contributed by atoms with Crippen molar-refractivity contribution in [3.05, 3.63) is 0 Å². The molecule has 1 aliphatic rings. The summed E-state index contributed by atoms with van der Waals surface area (Å²) in [6.45, 7) is 0.756. The molecule has 1 unspecified atom stereocenters. The van der Waals surface area contributed by atoms with Gasteiger partial charge in [0, 0.05) is 26.2 Å². The summed E-state index contributed by atoms with van der Waals surface area (Å²) in [5.41, 5.74) is 0. The van der Waals surface area contributed by atoms with E-state index in [0.717, 1.165) is 12.8 Å². The van der Waals surface area contributed by atoms with Crippen LogP contribution in [0.25, 0.3) is 0 Å². The van der Waals surface area contributed by atoms with Crippen LogP contribution < -0.4 is 0 Å². The monoisotopic (exact) mass is 313 g/mol. The molecule has 0 bridgehead atoms. The van der Waals surface area contributed by atoms with Crippen molar-refractivity contribution in [3.63, 3.8) is 0 Å². The Balaban J connectivity index is 2.30. The summed E-state index contributed by atoms with van der Waals surface area (Å²) in [5.74, 6) is -0.344. The van der Waals surface area contributed by atoms with E-state index in [4.69, 9.17) is 4.74 Å². The van der Waals surface area contributed by atoms with E-state index in [1.807, 2.05) is 4.90 Å². The fraction of sp³-hybridized carbons (Fsp3) is 0.923. The normalized spacial score (nSPS) is 19.2. The van der Waals surface area contributed by atoms with Crippen LogP contribution in [0.1, 0.15) is 19.3 Å². The first-order chi connectivity index (χ1) is 9.90. The highest BCUT2D eigenvalue weighted by molar-refractivity contribution is 5.69. The fourth-order valence-corrected chi connectivity index (χ4v) is 2.10. The molecule has 0 N–H and O–H groups in total. The first-order valence-corrected chi connectivity index (χ1v) is 6.96. The molecule has 1 heterocycles. The van der Waals surface area contributed by atoms with Crippen LogP contribution in [-0.4, -0.2) is 69.7 Å². The molecule has 0 aromatic rings. The Morgan fingerprint density at radius 3 is 2.71 bits per heavy atom. The number of alkyl halides is 3. The Bertz CT molecular complexity index is 306. The third-order valence-corrected chi connectivity index (χ3v) is 3.16. The van der Waals surface area contributed by atoms with E-state index >= 15 is 0 Å². The lowest BCUT2D eigenvalue weighted by atomic mass is 10.2. The molecule has 0 aromatic heterocycles. The van der Waals surface area contributed by atoms with E-state index in [1.54, 1.807) is 0 Å². The third kappa shape index (κ3) is 8.90. The van der Waals surface area contributed by atoms with Gasteiger partial charge in [0.1, 0.15) is 6.61 Å². The van der Waals surface area contributed by atoms with Crippen LogP contribution in [0.5, 0.6) is 0 Å². The Hall–Kier alpha value is -0.860. The zero-order valence-electron chi connectivity index (χ0n) is 12.2. The minimum Gasteiger partial charge on any atom is -0.469 e. The topological polar surface area (TPSA) is 48.0 Å². The van der Waals surface area contributed by atoms with Crippen molar-refractivity contribution in [3.8, 4) is 0 Å². The van der Waals surface area contributed by atoms with E-state index in [-0.39, 0.29) is 25.1 Å². The summed E-state index contributed by atoms with van der Waals surface area (Å²) in [7, 11) is 1.30. The molecule has 5 nitrogen and oxygen atoms in total. The number of esters is 1. The molecule has 0 aromatic carbocycles. The minimum absolute atomic E-state index is 0.0343. The second-order valence-electron chi connectivity index (χ2n) is 4.93. The smallest absolute Gasteiger partial charge is 0.411 e. The second-order valence-corrected chi connectivity index (χ2v) is 4.93. The summed E-state index contributed by atoms with van der Waals surface area (Å²) in [4.78, 5) is 13.0. The zero-order chi connectivity index (χ0) is 15.7. The molecule has 0 saturated carbocycles. The molecule has 0 aliphatic carbocycles. The van der Waals surface area contributed by atoms with E-state index in [9.17, 15) is 18.0 Å². The number of carbonyl (C=O) groups excluding carboxylic acids is 1. The van der Waals surface area contributed by atoms with E-state index in [2.05, 4.69) is 9.47 Å². The van der Waals surface area contributed by atoms with Gasteiger partial charge >= 0.3 is 12.1 Å². The van der Waals surface area contributed by atoms with Gasteiger partial charge < -0.3 is 14.2 Å². The van der Waals surface area contributed by atoms with Gasteiger partial charge in [0.2, 0.25) is 0 Å². The Labute approximate surface area is 122 Å². The highest BCUT2D eigenvalue weighted by Crippen LogP contribution is 2.15. The van der Waals surface area contributed by atoms with Gasteiger partial charge in [-0.25, -0.2) is 0 Å². The number of ether oxygens (including phenoxy) is 3. The van der Waals surface area contributed by atoms with Crippen molar-refractivity contribution in [1.29, 1.82) is 0 Å². The maximum atomic E-state index is 12.0. The van der Waals surface area contributed by atoms with Crippen LogP contribution in [-0.2, 0) is 19.0 Å². The van der Waals surface area contributed by atoms with Crippen LogP contribution in [0.4, 0.5) is 13.2 Å². The molecule has 1 aliphatic heterocycles. The van der Waals surface area contributed by atoms with E-state index < -0.39 is 12.8 Å². The van der Waals surface area contributed by atoms with Gasteiger partial charge in [0.25, 0.3) is 0 Å². The maximum absolute atomic E-state index is 12.0. The first kappa shape index (κ1) is 18.2. The van der Waals surface area contributed by atoms with Crippen molar-refractivity contribution in [2.45, 2.75) is 31.5 Å². The summed E-state index contributed by atoms with van der Waals surface area (Å²) >= 11 is 0. The molecular weight excluding hydrogens is 291 g/mol. The molecule has 1 fully saturated rings. The average molecular weight is 313 g/mol. The second kappa shape index (κ2) is 9.22. The lowest BCUT2D eigenvalue weighted by Crippen LogP contribution is -2.37. The SMILES string of the molecule is COC(=O)CCN(CCOCC(F)(F)F)CC1CCCO1. The van der Waals surface area contributed by atoms with Crippen molar-refractivity contribution in [2.75, 3.05) is 46.6 Å². The standard InChI is InChI=1S/C13H22F3NO4/c1-19-12(18)4-5-17(9-11-3-2-7-21-11)6-8-20-10-13(14,15)16/h11H,2-10H2,1H3. The van der Waals surface area contributed by atoms with Gasteiger partial charge in [-0.3, -0.25) is 9.69 Å². The first-order valence-electron chi connectivity index (χ1n) is 6.96. The number of carbonyl (C=O) groups is 1. The zero-order valence-corrected chi connectivity index (χ0v) is 12.2. The van der Waals surface area contributed by atoms with Crippen LogP contribution in [0.15, 0.2) is 0 Å². The molecule has 0 amide bonds. The molecule has 0 radical (unpaired) electrons. The van der Waals surface area contributed by atoms with E-state index in [0.29, 0.717) is 26.2 Å². The minimum atomic E-state index is -4.31. The van der Waals surface area contributed by atoms with Crippen molar-refractivity contribution in [1.82, 2.24) is 4.90 Å². The molecule has 124 valence electrons. The van der Waals surface area contributed by atoms with Crippen molar-refractivity contribution >= 4 is 5.97 Å². The molecule has 1 rings (SSSR count). The van der Waals surface area contributed by atoms with Gasteiger partial charge in [0.05, 0.1) is 26.2 Å². The number of rotatable bonds is 9. The Morgan fingerprint density at radius 1 is 1.38 bits per heavy atom. The highest BCUT2D eigenvalue weighted by Gasteiger charge is 2.27. The predicted molar refractivity (Wildman–Crippen MR) is 68.9 cm³/mol. The lowest BCUT2D eigenvalue weighted by molar-refractivity contribution is -0.174. The molecule has 21 heavy (non-hydrogen) atoms. The van der Waals surface area contributed by atoms with Gasteiger partial charge in [-0.05, 0) is 12.8 Å². The maximum Gasteiger partial charge on any atom is 0.411 e. The van der Waals surface area contributed by atoms with E-state index in [1.165, 1.54) is 7.11 Å². The van der Waals surface area contributed by atoms with Crippen molar-refractivity contribution < 1.29 is 32.2 Å². The number of halogens is 3. The Morgan fingerprint density at radius 2 is 2.14 bits per heavy atom. The van der Waals surface area contributed by atoms with Crippen LogP contribution >= 0.6 is 0 Å². The van der Waals surface area contributed by atoms with Gasteiger partial charge in [-0.1, -0.05) is 0 Å². The van der Waals surface area contributed by atoms with Crippen molar-refractivity contribution in [2.24, 2.45) is 0 Å². The average Bonchev–Trinajstić information content (AvgIpc) is 2.91. The summed E-state index contributed by atoms with van der Waals surface area (Å²) in [5, 5.41) is 0. The van der Waals surface area contributed by atoms with Crippen LogP contribution in [0.3, 0.4) is 0 Å². The van der Waals surface area contributed by atoms with Crippen LogP contribution in [0, 0.1) is 0 Å². The molecule has 1 atom stereocenters. The number of hydrogen-bond donors (Lipinski definition) is 0. The van der Waals surface area contributed by atoms with Gasteiger partial charge in [0.15, 0.2) is 0 Å². The Kier molecular flexibility index (Phi) is 7.98. The summed E-state index contributed by atoms with van der Waals surface area (Å²) in [6, 6.07) is 0. The van der Waals surface area contributed by atoms with Crippen LogP contribution in [0.2, 0.25) is 0 Å². The quantitative estimate of drug-likeness (QED) is 0.478. The molecular formula is C13H22F3NO4. The molecule has 0 spiro atoms. The summed E-state index contributed by atoms with van der Waals surface area (Å²) < 4.78 is 50.6. The third-order valence-electron chi connectivity index (χ3n) is 3.16. The lowest BCUT2D eigenvalue weighted by Gasteiger charge is -2.24. The van der Waals surface area contributed by atoms with Gasteiger partial charge in [-0.15, -0.1) is 0 Å². The molecule has 8 heteroatoms. The number of hydrogen-bond acceptors (Lipinski definition) is 5. The predicted octanol–water partition coefficient (Wildman–Crippen LogP) is 1.61. The fourth-order valence-electron chi connectivity index (χ4n) is 2.10. The number of nitrogens with zero attached hydrogens (tertiary/aromatic N) is 1. The summed E-state index contributed by atoms with van der Waals surface area (Å²) in [6.07, 6.45) is -2.13.